The van der Waals surface area contributed by atoms with Crippen molar-refractivity contribution in [2.45, 2.75) is 64.2 Å². The maximum absolute atomic E-state index is 6.48. The predicted molar refractivity (Wildman–Crippen MR) is 125 cm³/mol. The molecule has 0 N–H and O–H groups in total. The average molecular weight is 433 g/mol. The van der Waals surface area contributed by atoms with E-state index in [9.17, 15) is 0 Å². The standard InChI is InChI=1S/C28H32O4/c1-21-26(29-18-23-12-6-3-7-13-23)28(31-20-25-16-10-5-11-17-25)27(22(2)32-21)30-19-24-14-8-4-9-15-24/h3-17,21-22,26-28H,18-20H2,1-2H3/t21-,22?,26+,27+,28+/m0/s1. The summed E-state index contributed by atoms with van der Waals surface area (Å²) in [7, 11) is 0. The summed E-state index contributed by atoms with van der Waals surface area (Å²) in [5.41, 5.74) is 3.38. The molecular formula is C28H32O4. The molecule has 1 saturated heterocycles. The van der Waals surface area contributed by atoms with E-state index >= 15 is 0 Å². The van der Waals surface area contributed by atoms with Crippen molar-refractivity contribution in [1.29, 1.82) is 0 Å². The lowest BCUT2D eigenvalue weighted by Gasteiger charge is -2.44. The van der Waals surface area contributed by atoms with E-state index in [4.69, 9.17) is 18.9 Å². The van der Waals surface area contributed by atoms with Crippen molar-refractivity contribution in [1.82, 2.24) is 0 Å². The molecule has 0 amide bonds. The van der Waals surface area contributed by atoms with Crippen LogP contribution >= 0.6 is 0 Å². The van der Waals surface area contributed by atoms with Crippen LogP contribution in [0.1, 0.15) is 30.5 Å². The number of rotatable bonds is 9. The van der Waals surface area contributed by atoms with Crippen molar-refractivity contribution < 1.29 is 18.9 Å². The van der Waals surface area contributed by atoms with Gasteiger partial charge in [0.15, 0.2) is 0 Å². The Morgan fingerprint density at radius 2 is 0.812 bits per heavy atom. The molecule has 0 saturated carbocycles. The normalized spacial score (nSPS) is 25.5. The van der Waals surface area contributed by atoms with Crippen molar-refractivity contribution in [2.24, 2.45) is 0 Å². The third kappa shape index (κ3) is 6.05. The highest BCUT2D eigenvalue weighted by Crippen LogP contribution is 2.30. The Morgan fingerprint density at radius 3 is 1.16 bits per heavy atom. The summed E-state index contributed by atoms with van der Waals surface area (Å²) >= 11 is 0. The first-order valence-electron chi connectivity index (χ1n) is 11.3. The van der Waals surface area contributed by atoms with Crippen LogP contribution in [0, 0.1) is 0 Å². The van der Waals surface area contributed by atoms with Crippen LogP contribution in [0.5, 0.6) is 0 Å². The zero-order chi connectivity index (χ0) is 22.2. The van der Waals surface area contributed by atoms with Gasteiger partial charge in [0.2, 0.25) is 0 Å². The van der Waals surface area contributed by atoms with Gasteiger partial charge in [0, 0.05) is 0 Å². The van der Waals surface area contributed by atoms with Gasteiger partial charge < -0.3 is 18.9 Å². The summed E-state index contributed by atoms with van der Waals surface area (Å²) in [4.78, 5) is 0. The van der Waals surface area contributed by atoms with E-state index in [0.717, 1.165) is 16.7 Å². The summed E-state index contributed by atoms with van der Waals surface area (Å²) in [5.74, 6) is 0. The molecule has 1 fully saturated rings. The zero-order valence-electron chi connectivity index (χ0n) is 18.8. The fraction of sp³-hybridized carbons (Fsp3) is 0.357. The molecule has 3 aromatic carbocycles. The summed E-state index contributed by atoms with van der Waals surface area (Å²) in [6.45, 7) is 5.62. The fourth-order valence-corrected chi connectivity index (χ4v) is 4.17. The Morgan fingerprint density at radius 1 is 0.500 bits per heavy atom. The van der Waals surface area contributed by atoms with E-state index in [1.54, 1.807) is 0 Å². The van der Waals surface area contributed by atoms with Crippen LogP contribution in [0.3, 0.4) is 0 Å². The van der Waals surface area contributed by atoms with Crippen molar-refractivity contribution in [3.05, 3.63) is 108 Å². The smallest absolute Gasteiger partial charge is 0.115 e. The molecule has 168 valence electrons. The summed E-state index contributed by atoms with van der Waals surface area (Å²) in [6, 6.07) is 30.6. The average Bonchev–Trinajstić information content (AvgIpc) is 2.83. The molecule has 4 rings (SSSR count). The number of ether oxygens (including phenoxy) is 4. The predicted octanol–water partition coefficient (Wildman–Crippen LogP) is 5.55. The zero-order valence-corrected chi connectivity index (χ0v) is 18.8. The van der Waals surface area contributed by atoms with Crippen LogP contribution in [0.2, 0.25) is 0 Å². The SMILES string of the molecule is CC1O[C@@H](C)[C@@H](OCc2ccccc2)[C@@H](OCc2ccccc2)[C@@H]1OCc1ccccc1. The number of hydrogen-bond donors (Lipinski definition) is 0. The van der Waals surface area contributed by atoms with Gasteiger partial charge in [0.25, 0.3) is 0 Å². The van der Waals surface area contributed by atoms with Crippen molar-refractivity contribution in [3.8, 4) is 0 Å². The Labute approximate surface area is 191 Å². The van der Waals surface area contributed by atoms with Crippen LogP contribution in [-0.4, -0.2) is 30.5 Å². The van der Waals surface area contributed by atoms with Crippen LogP contribution in [0.25, 0.3) is 0 Å². The quantitative estimate of drug-likeness (QED) is 0.444. The first-order chi connectivity index (χ1) is 15.7. The minimum absolute atomic E-state index is 0.105. The fourth-order valence-electron chi connectivity index (χ4n) is 4.17. The second kappa shape index (κ2) is 11.4. The van der Waals surface area contributed by atoms with E-state index < -0.39 is 0 Å². The lowest BCUT2D eigenvalue weighted by Crippen LogP contribution is -2.58. The van der Waals surface area contributed by atoms with Gasteiger partial charge in [-0.05, 0) is 30.5 Å². The van der Waals surface area contributed by atoms with Gasteiger partial charge in [-0.15, -0.1) is 0 Å². The number of hydrogen-bond acceptors (Lipinski definition) is 4. The Balaban J connectivity index is 1.50. The van der Waals surface area contributed by atoms with E-state index in [1.807, 2.05) is 54.6 Å². The Hall–Kier alpha value is -2.50. The van der Waals surface area contributed by atoms with E-state index in [1.165, 1.54) is 0 Å². The topological polar surface area (TPSA) is 36.9 Å². The van der Waals surface area contributed by atoms with Gasteiger partial charge in [0.05, 0.1) is 32.0 Å². The Kier molecular flexibility index (Phi) is 8.07. The molecule has 5 atom stereocenters. The van der Waals surface area contributed by atoms with Gasteiger partial charge >= 0.3 is 0 Å². The number of benzene rings is 3. The summed E-state index contributed by atoms with van der Waals surface area (Å²) < 4.78 is 25.5. The van der Waals surface area contributed by atoms with Crippen molar-refractivity contribution >= 4 is 0 Å². The lowest BCUT2D eigenvalue weighted by molar-refractivity contribution is -0.257. The monoisotopic (exact) mass is 432 g/mol. The minimum atomic E-state index is -0.249. The third-order valence-corrected chi connectivity index (χ3v) is 5.86. The second-order valence-electron chi connectivity index (χ2n) is 8.33. The highest BCUT2D eigenvalue weighted by atomic mass is 16.6. The molecule has 0 bridgehead atoms. The first kappa shape index (κ1) is 22.7. The molecule has 1 aliphatic heterocycles. The molecule has 0 aliphatic carbocycles. The minimum Gasteiger partial charge on any atom is -0.370 e. The summed E-state index contributed by atoms with van der Waals surface area (Å²) in [5, 5.41) is 0. The van der Waals surface area contributed by atoms with Crippen LogP contribution < -0.4 is 0 Å². The molecule has 0 spiro atoms. The molecule has 3 aromatic rings. The first-order valence-corrected chi connectivity index (χ1v) is 11.3. The third-order valence-electron chi connectivity index (χ3n) is 5.86. The molecule has 1 aliphatic rings. The largest absolute Gasteiger partial charge is 0.370 e. The van der Waals surface area contributed by atoms with Gasteiger partial charge in [-0.2, -0.15) is 0 Å². The van der Waals surface area contributed by atoms with E-state index in [-0.39, 0.29) is 30.5 Å². The van der Waals surface area contributed by atoms with Crippen LogP contribution in [0.15, 0.2) is 91.0 Å². The molecular weight excluding hydrogens is 400 g/mol. The van der Waals surface area contributed by atoms with Gasteiger partial charge in [0.1, 0.15) is 18.3 Å². The molecule has 0 radical (unpaired) electrons. The second-order valence-corrected chi connectivity index (χ2v) is 8.33. The van der Waals surface area contributed by atoms with Crippen molar-refractivity contribution in [2.75, 3.05) is 0 Å². The maximum atomic E-state index is 6.48. The van der Waals surface area contributed by atoms with E-state index in [2.05, 4.69) is 50.2 Å². The Bertz CT molecular complexity index is 860. The van der Waals surface area contributed by atoms with Crippen LogP contribution in [0.4, 0.5) is 0 Å². The summed E-state index contributed by atoms with van der Waals surface area (Å²) in [6.07, 6.45) is -0.940. The van der Waals surface area contributed by atoms with Gasteiger partial charge in [-0.3, -0.25) is 0 Å². The molecule has 0 aromatic heterocycles. The van der Waals surface area contributed by atoms with Crippen molar-refractivity contribution in [3.63, 3.8) is 0 Å². The molecule has 1 unspecified atom stereocenters. The molecule has 4 heteroatoms. The maximum Gasteiger partial charge on any atom is 0.115 e. The lowest BCUT2D eigenvalue weighted by atomic mass is 9.95. The molecule has 4 nitrogen and oxygen atoms in total. The highest BCUT2D eigenvalue weighted by molar-refractivity contribution is 5.15. The highest BCUT2D eigenvalue weighted by Gasteiger charge is 2.44. The van der Waals surface area contributed by atoms with Crippen LogP contribution in [-0.2, 0) is 38.8 Å². The van der Waals surface area contributed by atoms with Gasteiger partial charge in [-0.25, -0.2) is 0 Å². The molecule has 32 heavy (non-hydrogen) atoms. The van der Waals surface area contributed by atoms with E-state index in [0.29, 0.717) is 19.8 Å². The molecule has 1 heterocycles. The van der Waals surface area contributed by atoms with Gasteiger partial charge in [-0.1, -0.05) is 91.0 Å².